The van der Waals surface area contributed by atoms with E-state index in [0.717, 1.165) is 17.1 Å². The van der Waals surface area contributed by atoms with Gasteiger partial charge in [-0.1, -0.05) is 230 Å². The third kappa shape index (κ3) is 6.95. The molecule has 334 valence electrons. The smallest absolute Gasteiger partial charge is 0.0714 e. The number of thiophene rings is 1. The molecule has 11 aromatic rings. The van der Waals surface area contributed by atoms with Crippen molar-refractivity contribution >= 4 is 59.3 Å². The van der Waals surface area contributed by atoms with Crippen molar-refractivity contribution in [2.45, 2.75) is 57.8 Å². The molecule has 1 aliphatic carbocycles. The molecule has 0 saturated heterocycles. The Labute approximate surface area is 411 Å². The second-order valence-electron chi connectivity index (χ2n) is 20.9. The Morgan fingerprint density at radius 3 is 1.61 bits per heavy atom. The maximum atomic E-state index is 2.57. The zero-order chi connectivity index (χ0) is 47.1. The van der Waals surface area contributed by atoms with Crippen LogP contribution in [0.4, 0.5) is 17.1 Å². The van der Waals surface area contributed by atoms with E-state index in [1.807, 2.05) is 11.3 Å². The fourth-order valence-electron chi connectivity index (χ4n) is 11.3. The number of para-hydroxylation sites is 1. The van der Waals surface area contributed by atoms with Crippen molar-refractivity contribution in [3.8, 4) is 33.4 Å². The molecule has 2 heteroatoms. The van der Waals surface area contributed by atoms with Crippen LogP contribution in [0.2, 0.25) is 0 Å². The molecule has 1 aliphatic rings. The van der Waals surface area contributed by atoms with Crippen LogP contribution in [0.1, 0.15) is 74.9 Å². The molecule has 0 unspecified atom stereocenters. The van der Waals surface area contributed by atoms with Crippen molar-refractivity contribution in [1.82, 2.24) is 0 Å². The van der Waals surface area contributed by atoms with Crippen LogP contribution in [-0.2, 0) is 16.2 Å². The van der Waals surface area contributed by atoms with E-state index in [4.69, 9.17) is 0 Å². The topological polar surface area (TPSA) is 3.24 Å². The van der Waals surface area contributed by atoms with Crippen LogP contribution >= 0.6 is 11.3 Å². The molecule has 1 heterocycles. The highest BCUT2D eigenvalue weighted by molar-refractivity contribution is 7.26. The Hall–Kier alpha value is -7.52. The number of fused-ring (bicyclic) bond motifs is 7. The average Bonchev–Trinajstić information content (AvgIpc) is 3.90. The molecule has 0 spiro atoms. The fourth-order valence-corrected chi connectivity index (χ4v) is 12.4. The number of hydrogen-bond donors (Lipinski definition) is 0. The van der Waals surface area contributed by atoms with Gasteiger partial charge >= 0.3 is 0 Å². The third-order valence-electron chi connectivity index (χ3n) is 14.6. The molecule has 1 aromatic heterocycles. The molecule has 0 radical (unpaired) electrons. The summed E-state index contributed by atoms with van der Waals surface area (Å²) in [6, 6.07) is 84.5. The van der Waals surface area contributed by atoms with Gasteiger partial charge in [-0.05, 0) is 119 Å². The highest BCUT2D eigenvalue weighted by atomic mass is 32.1. The van der Waals surface area contributed by atoms with E-state index < -0.39 is 5.41 Å². The summed E-state index contributed by atoms with van der Waals surface area (Å²) in [7, 11) is 0. The molecule has 0 fully saturated rings. The van der Waals surface area contributed by atoms with E-state index in [0.29, 0.717) is 0 Å². The van der Waals surface area contributed by atoms with Crippen LogP contribution in [0.3, 0.4) is 0 Å². The van der Waals surface area contributed by atoms with Gasteiger partial charge in [-0.25, -0.2) is 0 Å². The number of anilines is 3. The van der Waals surface area contributed by atoms with Crippen molar-refractivity contribution in [2.75, 3.05) is 4.90 Å². The van der Waals surface area contributed by atoms with Gasteiger partial charge in [-0.15, -0.1) is 11.3 Å². The summed E-state index contributed by atoms with van der Waals surface area (Å²) >= 11 is 1.87. The van der Waals surface area contributed by atoms with E-state index in [2.05, 4.69) is 271 Å². The number of nitrogens with zero attached hydrogens (tertiary/aromatic N) is 1. The second-order valence-corrected chi connectivity index (χ2v) is 22.0. The minimum absolute atomic E-state index is 0.0147. The largest absolute Gasteiger partial charge is 0.309 e. The molecule has 0 bridgehead atoms. The molecular formula is C67H55NS. The highest BCUT2D eigenvalue weighted by Crippen LogP contribution is 2.58. The Bertz CT molecular complexity index is 3670. The Morgan fingerprint density at radius 2 is 0.913 bits per heavy atom. The average molecular weight is 906 g/mol. The van der Waals surface area contributed by atoms with Gasteiger partial charge in [0.2, 0.25) is 0 Å². The first kappa shape index (κ1) is 42.8. The molecule has 0 atom stereocenters. The SMILES string of the molecule is CC(C)(C)c1cc(-c2cccc3cccc(-c4ccccc4N(c4ccc5c(c4)C(c4ccccc4)(c4ccccc4)c4ccccc4-5)c4cccc5sc6ccccc6c45)c23)cc(C(C)(C)C)c1. The van der Waals surface area contributed by atoms with E-state index in [1.165, 1.54) is 97.7 Å². The standard InChI is InChI=1S/C67H55NS/c1-65(2,3)48-40-45(41-49(42-48)66(4,5)6)51-31-19-22-44-23-20-32-55(63(44)51)54-29-14-17-34-59(54)68(60-35-21-37-62-64(60)56-30-15-18-36-61(56)69-62)50-38-39-53-52-28-13-16-33-57(52)67(58(53)43-50,46-24-9-7-10-25-46)47-26-11-8-12-27-47/h7-43H,1-6H3. The van der Waals surface area contributed by atoms with Crippen LogP contribution in [-0.4, -0.2) is 0 Å². The number of benzene rings is 10. The summed E-state index contributed by atoms with van der Waals surface area (Å²) in [5, 5.41) is 5.02. The number of hydrogen-bond acceptors (Lipinski definition) is 2. The van der Waals surface area contributed by atoms with Gasteiger partial charge in [0.15, 0.2) is 0 Å². The van der Waals surface area contributed by atoms with Crippen molar-refractivity contribution < 1.29 is 0 Å². The summed E-state index contributed by atoms with van der Waals surface area (Å²) < 4.78 is 2.56. The lowest BCUT2D eigenvalue weighted by molar-refractivity contribution is 0.569. The minimum atomic E-state index is -0.547. The summed E-state index contributed by atoms with van der Waals surface area (Å²) in [5.41, 5.74) is 18.0. The van der Waals surface area contributed by atoms with Gasteiger partial charge in [-0.3, -0.25) is 0 Å². The fraction of sp³-hybridized carbons (Fsp3) is 0.134. The lowest BCUT2D eigenvalue weighted by Gasteiger charge is -2.35. The Balaban J connectivity index is 1.16. The lowest BCUT2D eigenvalue weighted by atomic mass is 9.67. The quantitative estimate of drug-likeness (QED) is 0.154. The first-order chi connectivity index (χ1) is 33.5. The summed E-state index contributed by atoms with van der Waals surface area (Å²) in [5.74, 6) is 0. The van der Waals surface area contributed by atoms with Crippen LogP contribution < -0.4 is 4.90 Å². The van der Waals surface area contributed by atoms with E-state index in [1.54, 1.807) is 0 Å². The summed E-state index contributed by atoms with van der Waals surface area (Å²) in [6.45, 7) is 14.0. The molecule has 0 amide bonds. The van der Waals surface area contributed by atoms with Gasteiger partial charge in [0.1, 0.15) is 0 Å². The lowest BCUT2D eigenvalue weighted by Crippen LogP contribution is -2.28. The molecule has 12 rings (SSSR count). The van der Waals surface area contributed by atoms with E-state index >= 15 is 0 Å². The van der Waals surface area contributed by atoms with Gasteiger partial charge in [0.05, 0.1) is 16.8 Å². The van der Waals surface area contributed by atoms with Crippen molar-refractivity contribution in [3.63, 3.8) is 0 Å². The minimum Gasteiger partial charge on any atom is -0.309 e. The van der Waals surface area contributed by atoms with Crippen LogP contribution in [0, 0.1) is 0 Å². The Kier molecular flexibility index (Phi) is 10.1. The first-order valence-corrected chi connectivity index (χ1v) is 25.2. The zero-order valence-corrected chi connectivity index (χ0v) is 41.0. The molecule has 69 heavy (non-hydrogen) atoms. The first-order valence-electron chi connectivity index (χ1n) is 24.3. The Morgan fingerprint density at radius 1 is 0.377 bits per heavy atom. The van der Waals surface area contributed by atoms with Gasteiger partial charge < -0.3 is 4.90 Å². The number of rotatable bonds is 7. The highest BCUT2D eigenvalue weighted by Gasteiger charge is 2.46. The zero-order valence-electron chi connectivity index (χ0n) is 40.2. The normalized spacial score (nSPS) is 13.2. The van der Waals surface area contributed by atoms with Gasteiger partial charge in [0.25, 0.3) is 0 Å². The predicted molar refractivity (Wildman–Crippen MR) is 297 cm³/mol. The molecule has 0 N–H and O–H groups in total. The molecular weight excluding hydrogens is 851 g/mol. The van der Waals surface area contributed by atoms with Crippen LogP contribution in [0.25, 0.3) is 64.3 Å². The third-order valence-corrected chi connectivity index (χ3v) is 15.8. The van der Waals surface area contributed by atoms with Gasteiger partial charge in [-0.2, -0.15) is 0 Å². The van der Waals surface area contributed by atoms with Gasteiger partial charge in [0, 0.05) is 31.4 Å². The van der Waals surface area contributed by atoms with E-state index in [9.17, 15) is 0 Å². The monoisotopic (exact) mass is 905 g/mol. The van der Waals surface area contributed by atoms with Crippen molar-refractivity contribution in [3.05, 3.63) is 258 Å². The maximum Gasteiger partial charge on any atom is 0.0714 e. The summed E-state index contributed by atoms with van der Waals surface area (Å²) in [4.78, 5) is 2.57. The second kappa shape index (κ2) is 16.3. The maximum absolute atomic E-state index is 2.57. The van der Waals surface area contributed by atoms with E-state index in [-0.39, 0.29) is 10.8 Å². The predicted octanol–water partition coefficient (Wildman–Crippen LogP) is 19.0. The van der Waals surface area contributed by atoms with Crippen molar-refractivity contribution in [2.24, 2.45) is 0 Å². The van der Waals surface area contributed by atoms with Crippen molar-refractivity contribution in [1.29, 1.82) is 0 Å². The molecule has 10 aromatic carbocycles. The van der Waals surface area contributed by atoms with Crippen LogP contribution in [0.5, 0.6) is 0 Å². The molecule has 0 aliphatic heterocycles. The van der Waals surface area contributed by atoms with Crippen LogP contribution in [0.15, 0.2) is 224 Å². The molecule has 0 saturated carbocycles. The summed E-state index contributed by atoms with van der Waals surface area (Å²) in [6.07, 6.45) is 0. The molecule has 1 nitrogen and oxygen atoms in total.